The third-order valence-electron chi connectivity index (χ3n) is 2.40. The summed E-state index contributed by atoms with van der Waals surface area (Å²) < 4.78 is 0. The molecule has 0 radical (unpaired) electrons. The maximum absolute atomic E-state index is 11.9. The molecule has 1 heterocycles. The minimum atomic E-state index is -0.849. The Hall–Kier alpha value is -1.16. The molecule has 0 aromatic carbocycles. The van der Waals surface area contributed by atoms with Crippen LogP contribution in [-0.2, 0) is 4.79 Å². The van der Waals surface area contributed by atoms with E-state index in [0.29, 0.717) is 6.42 Å². The van der Waals surface area contributed by atoms with E-state index in [-0.39, 0.29) is 18.1 Å². The molecule has 0 bridgehead atoms. The van der Waals surface area contributed by atoms with Crippen LogP contribution in [0.5, 0.6) is 0 Å². The number of carbonyl (C=O) groups is 2. The van der Waals surface area contributed by atoms with Crippen LogP contribution in [0.4, 0.5) is 0 Å². The van der Waals surface area contributed by atoms with Crippen molar-refractivity contribution in [2.24, 2.45) is 5.92 Å². The Morgan fingerprint density at radius 2 is 2.00 bits per heavy atom. The summed E-state index contributed by atoms with van der Waals surface area (Å²) >= 11 is 1.60. The van der Waals surface area contributed by atoms with Crippen molar-refractivity contribution in [3.63, 3.8) is 0 Å². The highest BCUT2D eigenvalue weighted by Gasteiger charge is 2.16. The predicted octanol–water partition coefficient (Wildman–Crippen LogP) is 3.05. The van der Waals surface area contributed by atoms with Crippen LogP contribution in [0.1, 0.15) is 39.9 Å². The maximum Gasteiger partial charge on any atom is 0.303 e. The number of hydrogen-bond acceptors (Lipinski definition) is 3. The van der Waals surface area contributed by atoms with Gasteiger partial charge in [-0.25, -0.2) is 0 Å². The van der Waals surface area contributed by atoms with Gasteiger partial charge in [-0.15, -0.1) is 11.3 Å². The predicted molar refractivity (Wildman–Crippen MR) is 64.2 cm³/mol. The van der Waals surface area contributed by atoms with Crippen molar-refractivity contribution in [2.45, 2.75) is 33.6 Å². The molecule has 1 aromatic rings. The van der Waals surface area contributed by atoms with E-state index in [1.54, 1.807) is 18.3 Å². The van der Waals surface area contributed by atoms with Crippen molar-refractivity contribution in [3.05, 3.63) is 21.4 Å². The van der Waals surface area contributed by atoms with E-state index >= 15 is 0 Å². The number of Topliss-reactive ketones (excluding diaryl/α,β-unsaturated/α-hetero) is 1. The van der Waals surface area contributed by atoms with Gasteiger partial charge < -0.3 is 5.11 Å². The summed E-state index contributed by atoms with van der Waals surface area (Å²) in [6.45, 7) is 5.68. The average molecular weight is 240 g/mol. The van der Waals surface area contributed by atoms with Gasteiger partial charge in [0.15, 0.2) is 5.78 Å². The second kappa shape index (κ2) is 5.25. The van der Waals surface area contributed by atoms with Crippen LogP contribution in [0.2, 0.25) is 0 Å². The van der Waals surface area contributed by atoms with Gasteiger partial charge in [0.1, 0.15) is 0 Å². The normalized spacial score (nSPS) is 12.4. The fourth-order valence-corrected chi connectivity index (χ4v) is 2.65. The van der Waals surface area contributed by atoms with E-state index in [4.69, 9.17) is 5.11 Å². The second-order valence-electron chi connectivity index (χ2n) is 4.16. The quantitative estimate of drug-likeness (QED) is 0.805. The largest absolute Gasteiger partial charge is 0.481 e. The number of aliphatic carboxylic acids is 1. The number of aryl methyl sites for hydroxylation is 2. The number of hydrogen-bond donors (Lipinski definition) is 1. The van der Waals surface area contributed by atoms with Crippen molar-refractivity contribution in [3.8, 4) is 0 Å². The van der Waals surface area contributed by atoms with Crippen LogP contribution in [-0.4, -0.2) is 16.9 Å². The molecule has 1 aromatic heterocycles. The van der Waals surface area contributed by atoms with Gasteiger partial charge in [-0.1, -0.05) is 6.92 Å². The first-order valence-corrected chi connectivity index (χ1v) is 6.03. The van der Waals surface area contributed by atoms with Crippen molar-refractivity contribution >= 4 is 23.1 Å². The number of carbonyl (C=O) groups excluding carboxylic acids is 1. The Morgan fingerprint density at radius 3 is 2.44 bits per heavy atom. The van der Waals surface area contributed by atoms with E-state index in [1.807, 2.05) is 19.9 Å². The highest BCUT2D eigenvalue weighted by molar-refractivity contribution is 7.12. The lowest BCUT2D eigenvalue weighted by Gasteiger charge is -2.06. The van der Waals surface area contributed by atoms with Crippen LogP contribution in [0.3, 0.4) is 0 Å². The topological polar surface area (TPSA) is 54.4 Å². The zero-order chi connectivity index (χ0) is 12.3. The van der Waals surface area contributed by atoms with Gasteiger partial charge in [0.2, 0.25) is 0 Å². The smallest absolute Gasteiger partial charge is 0.303 e. The van der Waals surface area contributed by atoms with Crippen LogP contribution >= 0.6 is 11.3 Å². The molecule has 0 aliphatic carbocycles. The first-order chi connectivity index (χ1) is 7.40. The molecular formula is C12H16O3S. The van der Waals surface area contributed by atoms with Gasteiger partial charge in [-0.05, 0) is 25.8 Å². The number of thiophene rings is 1. The first kappa shape index (κ1) is 12.9. The van der Waals surface area contributed by atoms with Gasteiger partial charge >= 0.3 is 5.97 Å². The first-order valence-electron chi connectivity index (χ1n) is 5.22. The lowest BCUT2D eigenvalue weighted by atomic mass is 9.97. The summed E-state index contributed by atoms with van der Waals surface area (Å²) in [4.78, 5) is 24.5. The van der Waals surface area contributed by atoms with Crippen molar-refractivity contribution in [1.82, 2.24) is 0 Å². The molecule has 1 atom stereocenters. The number of carboxylic acid groups (broad SMARTS) is 1. The highest BCUT2D eigenvalue weighted by Crippen LogP contribution is 2.23. The third kappa shape index (κ3) is 3.45. The Labute approximate surface area is 99.1 Å². The van der Waals surface area contributed by atoms with Gasteiger partial charge in [-0.2, -0.15) is 0 Å². The molecule has 0 saturated heterocycles. The van der Waals surface area contributed by atoms with Gasteiger partial charge in [-0.3, -0.25) is 9.59 Å². The second-order valence-corrected chi connectivity index (χ2v) is 5.62. The van der Waals surface area contributed by atoms with E-state index < -0.39 is 5.97 Å². The molecule has 0 spiro atoms. The SMILES string of the molecule is Cc1cc(C(=O)CC(C)CC(=O)O)c(C)s1. The van der Waals surface area contributed by atoms with Gasteiger partial charge in [0.05, 0.1) is 0 Å². The zero-order valence-electron chi connectivity index (χ0n) is 9.74. The summed E-state index contributed by atoms with van der Waals surface area (Å²) in [5.41, 5.74) is 0.750. The van der Waals surface area contributed by atoms with Crippen LogP contribution in [0, 0.1) is 19.8 Å². The molecule has 0 aliphatic rings. The summed E-state index contributed by atoms with van der Waals surface area (Å²) in [7, 11) is 0. The summed E-state index contributed by atoms with van der Waals surface area (Å²) in [5.74, 6) is -0.904. The van der Waals surface area contributed by atoms with Gasteiger partial charge in [0, 0.05) is 28.2 Å². The average Bonchev–Trinajstić information content (AvgIpc) is 2.43. The number of ketones is 1. The molecule has 88 valence electrons. The third-order valence-corrected chi connectivity index (χ3v) is 3.36. The monoisotopic (exact) mass is 240 g/mol. The molecule has 4 heteroatoms. The summed E-state index contributed by atoms with van der Waals surface area (Å²) in [6.07, 6.45) is 0.358. The summed E-state index contributed by atoms with van der Waals surface area (Å²) in [5, 5.41) is 8.62. The van der Waals surface area contributed by atoms with Crippen molar-refractivity contribution < 1.29 is 14.7 Å². The Morgan fingerprint density at radius 1 is 1.38 bits per heavy atom. The standard InChI is InChI=1S/C12H16O3S/c1-7(5-12(14)15)4-11(13)10-6-8(2)16-9(10)3/h6-7H,4-5H2,1-3H3,(H,14,15). The summed E-state index contributed by atoms with van der Waals surface area (Å²) in [6, 6.07) is 1.88. The molecule has 1 rings (SSSR count). The molecule has 0 saturated carbocycles. The molecule has 1 unspecified atom stereocenters. The number of rotatable bonds is 5. The van der Waals surface area contributed by atoms with Crippen LogP contribution < -0.4 is 0 Å². The Balaban J connectivity index is 2.65. The fraction of sp³-hybridized carbons (Fsp3) is 0.500. The molecule has 0 aliphatic heterocycles. The lowest BCUT2D eigenvalue weighted by molar-refractivity contribution is -0.137. The molecule has 3 nitrogen and oxygen atoms in total. The van der Waals surface area contributed by atoms with E-state index in [2.05, 4.69) is 0 Å². The van der Waals surface area contributed by atoms with E-state index in [0.717, 1.165) is 15.3 Å². The van der Waals surface area contributed by atoms with E-state index in [9.17, 15) is 9.59 Å². The molecular weight excluding hydrogens is 224 g/mol. The molecule has 0 fully saturated rings. The highest BCUT2D eigenvalue weighted by atomic mass is 32.1. The van der Waals surface area contributed by atoms with Crippen molar-refractivity contribution in [2.75, 3.05) is 0 Å². The van der Waals surface area contributed by atoms with Gasteiger partial charge in [0.25, 0.3) is 0 Å². The van der Waals surface area contributed by atoms with Crippen molar-refractivity contribution in [1.29, 1.82) is 0 Å². The fourth-order valence-electron chi connectivity index (χ4n) is 1.70. The minimum Gasteiger partial charge on any atom is -0.481 e. The Bertz CT molecular complexity index is 406. The minimum absolute atomic E-state index is 0.0495. The number of carboxylic acids is 1. The van der Waals surface area contributed by atoms with E-state index in [1.165, 1.54) is 0 Å². The molecule has 16 heavy (non-hydrogen) atoms. The maximum atomic E-state index is 11.9. The molecule has 0 amide bonds. The Kier molecular flexibility index (Phi) is 4.24. The lowest BCUT2D eigenvalue weighted by Crippen LogP contribution is -2.10. The zero-order valence-corrected chi connectivity index (χ0v) is 10.6. The molecule has 1 N–H and O–H groups in total. The van der Waals surface area contributed by atoms with Crippen LogP contribution in [0.15, 0.2) is 6.07 Å². The van der Waals surface area contributed by atoms with Crippen LogP contribution in [0.25, 0.3) is 0 Å².